The van der Waals surface area contributed by atoms with Gasteiger partial charge in [0.25, 0.3) is 0 Å². The van der Waals surface area contributed by atoms with Crippen LogP contribution in [0.5, 0.6) is 11.5 Å². The quantitative estimate of drug-likeness (QED) is 0.0434. The average Bonchev–Trinajstić information content (AvgIpc) is 0.888. The number of ketones is 3. The van der Waals surface area contributed by atoms with Crippen molar-refractivity contribution >= 4 is 52.9 Å². The highest BCUT2D eigenvalue weighted by molar-refractivity contribution is 5.98. The Labute approximate surface area is 784 Å². The molecule has 12 bridgehead atoms. The molecule has 5 unspecified atom stereocenters. The van der Waals surface area contributed by atoms with Crippen LogP contribution in [-0.2, 0) is 43.1 Å². The van der Waals surface area contributed by atoms with Crippen molar-refractivity contribution in [2.75, 3.05) is 52.9 Å². The SMILES string of the molecule is CC12CC(C(=O)N3CCC(Oc4ccccc4)C3)(C1)C2.CC12CC(C(=O)N3CCC(Oc4ccccc4)C3)(C1)C2.CCC(=O)CC12CC(C(=O)N3CCCC3c3cccc(C)c3)(C1)C2.COC(=O)C12CC(C(=O)C[C@@H](C)c3cc(F)cc(F)c3)(C1)C2.Cc1cccc(C2CCCN2C(=O)C23CC(C2)C3)c1.Cc1cccc(C2CCCN2C(=O)C23CC(CC(=O)c4ccccc4)(C2)C3)c1. The van der Waals surface area contributed by atoms with Gasteiger partial charge < -0.3 is 38.7 Å². The molecule has 30 rings (SSSR count). The summed E-state index contributed by atoms with van der Waals surface area (Å²) >= 11 is 0. The number of hydrogen-bond donors (Lipinski definition) is 0. The van der Waals surface area contributed by atoms with Crippen LogP contribution < -0.4 is 9.47 Å². The molecule has 702 valence electrons. The fourth-order valence-corrected chi connectivity index (χ4v) is 28.9. The summed E-state index contributed by atoms with van der Waals surface area (Å²) in [6, 6.07) is 59.4. The van der Waals surface area contributed by atoms with E-state index in [1.165, 1.54) is 71.9 Å². The Morgan fingerprint density at radius 3 is 1.14 bits per heavy atom. The maximum atomic E-state index is 13.4. The van der Waals surface area contributed by atoms with Gasteiger partial charge in [0, 0.05) is 88.3 Å². The zero-order chi connectivity index (χ0) is 93.1. The third kappa shape index (κ3) is 17.4. The van der Waals surface area contributed by atoms with E-state index in [9.17, 15) is 51.9 Å². The molecule has 23 fully saturated rings. The molecule has 18 saturated carbocycles. The van der Waals surface area contributed by atoms with Gasteiger partial charge in [-0.15, -0.1) is 0 Å². The summed E-state index contributed by atoms with van der Waals surface area (Å²) in [5, 5.41) is 0. The fraction of sp³-hybridized carbons (Fsp3) is 0.553. The number of hydrogen-bond acceptors (Lipinski definition) is 12. The number of nitrogens with zero attached hydrogens (tertiary/aromatic N) is 5. The second-order valence-electron chi connectivity index (χ2n) is 45.9. The van der Waals surface area contributed by atoms with Crippen molar-refractivity contribution in [3.05, 3.63) is 238 Å². The maximum Gasteiger partial charge on any atom is 0.311 e. The van der Waals surface area contributed by atoms with Crippen molar-refractivity contribution in [3.63, 3.8) is 0 Å². The fourth-order valence-electron chi connectivity index (χ4n) is 28.9. The Morgan fingerprint density at radius 1 is 0.406 bits per heavy atom. The third-order valence-corrected chi connectivity index (χ3v) is 34.7. The normalized spacial score (nSPS) is 34.0. The smallest absolute Gasteiger partial charge is 0.311 e. The van der Waals surface area contributed by atoms with E-state index in [0.717, 1.165) is 203 Å². The summed E-state index contributed by atoms with van der Waals surface area (Å²) in [5.74, 6) is 3.53. The Balaban J connectivity index is 0.000000103. The van der Waals surface area contributed by atoms with Crippen LogP contribution in [0.3, 0.4) is 0 Å². The second-order valence-corrected chi connectivity index (χ2v) is 45.9. The number of likely N-dealkylation sites (tertiary alicyclic amines) is 5. The van der Waals surface area contributed by atoms with Gasteiger partial charge in [0.2, 0.25) is 29.5 Å². The summed E-state index contributed by atoms with van der Waals surface area (Å²) in [6.45, 7) is 20.6. The first-order valence-electron chi connectivity index (χ1n) is 50.0. The first kappa shape index (κ1) is 91.9. The first-order valence-corrected chi connectivity index (χ1v) is 50.0. The highest BCUT2D eigenvalue weighted by Crippen LogP contribution is 2.79. The molecule has 0 spiro atoms. The lowest BCUT2D eigenvalue weighted by atomic mass is 9.33. The molecule has 5 amide bonds. The van der Waals surface area contributed by atoms with Crippen molar-refractivity contribution < 1.29 is 66.1 Å². The molecular formula is C114H135F2N5O12. The van der Waals surface area contributed by atoms with Gasteiger partial charge in [-0.05, 0) is 267 Å². The van der Waals surface area contributed by atoms with Gasteiger partial charge >= 0.3 is 5.97 Å². The number of carbonyl (C=O) groups is 9. The molecule has 17 nitrogen and oxygen atoms in total. The van der Waals surface area contributed by atoms with E-state index < -0.39 is 22.5 Å². The minimum atomic E-state index is -0.635. The summed E-state index contributed by atoms with van der Waals surface area (Å²) in [5.41, 5.74) is 9.20. The number of ether oxygens (including phenoxy) is 3. The third-order valence-electron chi connectivity index (χ3n) is 34.7. The van der Waals surface area contributed by atoms with E-state index in [4.69, 9.17) is 14.2 Å². The number of methoxy groups -OCH3 is 1. The van der Waals surface area contributed by atoms with Crippen LogP contribution in [0.1, 0.15) is 294 Å². The minimum absolute atomic E-state index is 0.0242. The lowest BCUT2D eigenvalue weighted by Crippen LogP contribution is -2.68. The molecular weight excluding hydrogens is 1670 g/mol. The highest BCUT2D eigenvalue weighted by Gasteiger charge is 2.77. The Bertz CT molecular complexity index is 5420. The number of halogens is 2. The van der Waals surface area contributed by atoms with Gasteiger partial charge in [-0.25, -0.2) is 8.78 Å². The van der Waals surface area contributed by atoms with E-state index in [1.54, 1.807) is 6.92 Å². The standard InChI is InChI=1S/C25H27NO2.C21H27NO2.C17H18F2O3.2C17H21NO2.C17H21NO/c1-18-7-5-10-20(13-18)21-11-6-12-26(21)23(28)25-15-24(16-25,17-25)14-22(27)19-8-3-2-4-9-19;1-3-17(23)11-20-12-21(13-20,14-20)19(24)22-9-5-8-18(22)16-7-4-6-15(2)10-16;1-10(11-4-12(18)6-13(19)5-11)3-14(20)16-7-17(8-16,9-16)15(21)22-2;2*1-16-10-17(11-16,12-16)15(19)18-8-7-14(9-18)20-13-5-3-2-4-6-13;1-12-4-2-5-14(8-12)15-6-3-7-18(15)16(19)17-9-13(10-17)11-17/h2-5,7-10,13,21H,6,11-12,14-17H2,1H3;4,6-7,10,18H,3,5,8-9,11-14H2,1-2H3;4-6,10H,3,7-9H2,1-2H3;2*2-6,14H,7-12H2,1H3;2,4-5,8,13,15H,3,6-7,9-11H2,1H3/t;;10-,16?,17?;;;/m..1.../s1. The lowest BCUT2D eigenvalue weighted by Gasteiger charge is -2.70. The van der Waals surface area contributed by atoms with Gasteiger partial charge in [-0.3, -0.25) is 43.2 Å². The summed E-state index contributed by atoms with van der Waals surface area (Å²) in [6.07, 6.45) is 28.3. The summed E-state index contributed by atoms with van der Waals surface area (Å²) in [4.78, 5) is 123. The monoisotopic (exact) mass is 1800 g/mol. The van der Waals surface area contributed by atoms with Crippen LogP contribution >= 0.6 is 0 Å². The molecule has 6 atom stereocenters. The number of aryl methyl sites for hydroxylation is 3. The molecule has 23 aliphatic rings. The van der Waals surface area contributed by atoms with E-state index >= 15 is 0 Å². The van der Waals surface area contributed by atoms with Crippen LogP contribution in [0.2, 0.25) is 0 Å². The van der Waals surface area contributed by atoms with Gasteiger partial charge in [0.1, 0.15) is 46.9 Å². The molecule has 0 aromatic heterocycles. The topological polar surface area (TPSA) is 198 Å². The van der Waals surface area contributed by atoms with Crippen LogP contribution in [0.25, 0.3) is 0 Å². The van der Waals surface area contributed by atoms with Crippen molar-refractivity contribution in [2.24, 2.45) is 65.5 Å². The largest absolute Gasteiger partial charge is 0.489 e. The number of carbonyl (C=O) groups excluding carboxylic acids is 9. The number of Topliss-reactive ketones (excluding diaryl/α,β-unsaturated/α-hetero) is 3. The Kier molecular flexibility index (Phi) is 24.3. The maximum absolute atomic E-state index is 13.4. The number of para-hydroxylation sites is 2. The predicted octanol–water partition coefficient (Wildman–Crippen LogP) is 21.8. The van der Waals surface area contributed by atoms with E-state index in [2.05, 4.69) is 122 Å². The van der Waals surface area contributed by atoms with Gasteiger partial charge in [0.15, 0.2) is 5.78 Å². The van der Waals surface area contributed by atoms with Crippen molar-refractivity contribution in [1.29, 1.82) is 0 Å². The molecule has 5 saturated heterocycles. The molecule has 0 N–H and O–H groups in total. The number of amides is 5. The molecule has 133 heavy (non-hydrogen) atoms. The first-order chi connectivity index (χ1) is 63.6. The van der Waals surface area contributed by atoms with Crippen LogP contribution in [-0.4, -0.2) is 142 Å². The minimum Gasteiger partial charge on any atom is -0.489 e. The molecule has 18 aliphatic carbocycles. The van der Waals surface area contributed by atoms with E-state index in [-0.39, 0.29) is 92.1 Å². The number of esters is 1. The second kappa shape index (κ2) is 35.2. The molecule has 0 radical (unpaired) electrons. The van der Waals surface area contributed by atoms with Gasteiger partial charge in [0.05, 0.1) is 70.8 Å². The number of rotatable bonds is 23. The predicted molar refractivity (Wildman–Crippen MR) is 505 cm³/mol. The summed E-state index contributed by atoms with van der Waals surface area (Å²) in [7, 11) is 1.36. The summed E-state index contributed by atoms with van der Waals surface area (Å²) < 4.78 is 43.2. The van der Waals surface area contributed by atoms with Crippen LogP contribution in [0.4, 0.5) is 8.78 Å². The van der Waals surface area contributed by atoms with Crippen molar-refractivity contribution in [2.45, 2.75) is 277 Å². The highest BCUT2D eigenvalue weighted by atomic mass is 19.1. The zero-order valence-corrected chi connectivity index (χ0v) is 79.4. The van der Waals surface area contributed by atoms with E-state index in [0.29, 0.717) is 96.3 Å². The molecule has 5 heterocycles. The molecule has 7 aromatic rings. The van der Waals surface area contributed by atoms with Gasteiger partial charge in [-0.2, -0.15) is 0 Å². The van der Waals surface area contributed by atoms with E-state index in [1.807, 2.05) is 108 Å². The van der Waals surface area contributed by atoms with Crippen molar-refractivity contribution in [3.8, 4) is 11.5 Å². The Hall–Kier alpha value is -10.2. The lowest BCUT2D eigenvalue weighted by molar-refractivity contribution is -0.221. The van der Waals surface area contributed by atoms with Crippen molar-refractivity contribution in [1.82, 2.24) is 24.5 Å². The average molecular weight is 1810 g/mol. The molecule has 19 heteroatoms. The molecule has 7 aromatic carbocycles. The molecule has 5 aliphatic heterocycles. The van der Waals surface area contributed by atoms with Crippen LogP contribution in [0, 0.1) is 97.9 Å². The zero-order valence-electron chi connectivity index (χ0n) is 79.4. The Morgan fingerprint density at radius 2 is 0.782 bits per heavy atom. The van der Waals surface area contributed by atoms with Gasteiger partial charge in [-0.1, -0.05) is 184 Å². The van der Waals surface area contributed by atoms with Crippen LogP contribution in [0.15, 0.2) is 182 Å². The number of benzene rings is 7.